The molecule has 0 saturated heterocycles. The average Bonchev–Trinajstić information content (AvgIpc) is 2.80. The molecule has 3 rings (SSSR count). The van der Waals surface area contributed by atoms with E-state index in [4.69, 9.17) is 0 Å². The second kappa shape index (κ2) is 10.6. The zero-order valence-electron chi connectivity index (χ0n) is 18.3. The van der Waals surface area contributed by atoms with Crippen molar-refractivity contribution in [2.24, 2.45) is 0 Å². The zero-order valence-corrected chi connectivity index (χ0v) is 18.3. The van der Waals surface area contributed by atoms with Gasteiger partial charge in [-0.25, -0.2) is 4.98 Å². The predicted octanol–water partition coefficient (Wildman–Crippen LogP) is 6.88. The molecule has 0 spiro atoms. The smallest absolute Gasteiger partial charge is 0.387 e. The fourth-order valence-electron chi connectivity index (χ4n) is 3.36. The number of nitrogens with one attached hydrogen (secondary N) is 1. The topological polar surface area (TPSA) is 45.1 Å². The number of alkyl halides is 6. The Bertz CT molecular complexity index is 1000. The van der Waals surface area contributed by atoms with Gasteiger partial charge in [-0.3, -0.25) is 0 Å². The first kappa shape index (κ1) is 25.7. The van der Waals surface area contributed by atoms with Crippen molar-refractivity contribution in [1.29, 1.82) is 0 Å². The van der Waals surface area contributed by atoms with E-state index < -0.39 is 29.6 Å². The second-order valence-corrected chi connectivity index (χ2v) is 7.89. The third kappa shape index (κ3) is 6.57. The Hall–Kier alpha value is -2.91. The lowest BCUT2D eigenvalue weighted by Gasteiger charge is -2.16. The van der Waals surface area contributed by atoms with E-state index >= 15 is 0 Å². The molecule has 0 amide bonds. The highest BCUT2D eigenvalue weighted by Crippen LogP contribution is 2.34. The Morgan fingerprint density at radius 1 is 0.794 bits per heavy atom. The summed E-state index contributed by atoms with van der Waals surface area (Å²) in [4.78, 5) is 4.46. The quantitative estimate of drug-likeness (QED) is 0.272. The summed E-state index contributed by atoms with van der Waals surface area (Å²) in [7, 11) is 0. The van der Waals surface area contributed by atoms with Crippen LogP contribution in [0.4, 0.5) is 26.3 Å². The van der Waals surface area contributed by atoms with Gasteiger partial charge in [0.1, 0.15) is 0 Å². The molecule has 3 aromatic rings. The first-order valence-corrected chi connectivity index (χ1v) is 10.7. The second-order valence-electron chi connectivity index (χ2n) is 7.89. The number of aromatic nitrogens is 1. The van der Waals surface area contributed by atoms with E-state index in [1.807, 2.05) is 6.92 Å². The van der Waals surface area contributed by atoms with E-state index in [1.54, 1.807) is 12.1 Å². The largest absolute Gasteiger partial charge is 0.416 e. The minimum absolute atomic E-state index is 0.239. The number of hydrogen-bond acceptors (Lipinski definition) is 3. The van der Waals surface area contributed by atoms with E-state index in [0.29, 0.717) is 34.6 Å². The predicted molar refractivity (Wildman–Crippen MR) is 118 cm³/mol. The van der Waals surface area contributed by atoms with E-state index in [2.05, 4.69) is 10.3 Å². The first-order valence-electron chi connectivity index (χ1n) is 10.7. The van der Waals surface area contributed by atoms with Gasteiger partial charge in [0.25, 0.3) is 0 Å². The third-order valence-corrected chi connectivity index (χ3v) is 5.29. The Morgan fingerprint density at radius 3 is 1.62 bits per heavy atom. The number of aliphatic hydroxyl groups excluding tert-OH is 1. The molecule has 1 aromatic heterocycles. The molecule has 9 heteroatoms. The van der Waals surface area contributed by atoms with Crippen LogP contribution in [-0.4, -0.2) is 23.2 Å². The van der Waals surface area contributed by atoms with Crippen LogP contribution in [0.5, 0.6) is 0 Å². The molecule has 3 nitrogen and oxygen atoms in total. The molecular weight excluding hydrogens is 458 g/mol. The van der Waals surface area contributed by atoms with Gasteiger partial charge in [-0.05, 0) is 54.9 Å². The van der Waals surface area contributed by atoms with Gasteiger partial charge in [0.2, 0.25) is 0 Å². The highest BCUT2D eigenvalue weighted by Gasteiger charge is 2.31. The number of pyridine rings is 1. The number of benzene rings is 2. The molecule has 182 valence electrons. The van der Waals surface area contributed by atoms with Gasteiger partial charge < -0.3 is 10.4 Å². The van der Waals surface area contributed by atoms with Crippen LogP contribution in [0.2, 0.25) is 0 Å². The van der Waals surface area contributed by atoms with E-state index in [9.17, 15) is 31.4 Å². The standard InChI is InChI=1S/C25H24F6N2O/c1-2-3-12-32-15-23(34)18-13-21(16-4-8-19(9-5-16)24(26,27)28)33-22(14-18)17-6-10-20(11-7-17)25(29,30)31/h4-11,13-14,23,32,34H,2-3,12,15H2,1H3. The fraction of sp³-hybridized carbons (Fsp3) is 0.320. The normalized spacial score (nSPS) is 13.2. The number of aliphatic hydroxyl groups is 1. The van der Waals surface area contributed by atoms with Gasteiger partial charge in [0.15, 0.2) is 0 Å². The highest BCUT2D eigenvalue weighted by atomic mass is 19.4. The van der Waals surface area contributed by atoms with Crippen LogP contribution in [0.3, 0.4) is 0 Å². The number of unbranched alkanes of at least 4 members (excludes halogenated alkanes) is 1. The minimum atomic E-state index is -4.49. The molecule has 0 radical (unpaired) electrons. The van der Waals surface area contributed by atoms with Crippen molar-refractivity contribution in [2.75, 3.05) is 13.1 Å². The van der Waals surface area contributed by atoms with Gasteiger partial charge in [-0.15, -0.1) is 0 Å². The molecular formula is C25H24F6N2O. The lowest BCUT2D eigenvalue weighted by atomic mass is 10.0. The molecule has 2 aromatic carbocycles. The summed E-state index contributed by atoms with van der Waals surface area (Å²) >= 11 is 0. The molecule has 1 heterocycles. The van der Waals surface area contributed by atoms with Crippen molar-refractivity contribution < 1.29 is 31.4 Å². The van der Waals surface area contributed by atoms with Gasteiger partial charge in [-0.2, -0.15) is 26.3 Å². The van der Waals surface area contributed by atoms with Crippen LogP contribution in [0.25, 0.3) is 22.5 Å². The molecule has 34 heavy (non-hydrogen) atoms. The Labute approximate surface area is 193 Å². The van der Waals surface area contributed by atoms with Crippen LogP contribution >= 0.6 is 0 Å². The van der Waals surface area contributed by atoms with Crippen molar-refractivity contribution in [3.8, 4) is 22.5 Å². The number of halogens is 6. The van der Waals surface area contributed by atoms with E-state index in [1.165, 1.54) is 24.3 Å². The average molecular weight is 482 g/mol. The lowest BCUT2D eigenvalue weighted by Crippen LogP contribution is -2.22. The Kier molecular flexibility index (Phi) is 7.99. The van der Waals surface area contributed by atoms with Gasteiger partial charge in [0.05, 0.1) is 28.6 Å². The number of rotatable bonds is 8. The SMILES string of the molecule is CCCCNCC(O)c1cc(-c2ccc(C(F)(F)F)cc2)nc(-c2ccc(C(F)(F)F)cc2)c1. The van der Waals surface area contributed by atoms with Crippen LogP contribution in [0.15, 0.2) is 60.7 Å². The van der Waals surface area contributed by atoms with Crippen LogP contribution in [0, 0.1) is 0 Å². The molecule has 1 unspecified atom stereocenters. The van der Waals surface area contributed by atoms with Crippen molar-refractivity contribution >= 4 is 0 Å². The summed E-state index contributed by atoms with van der Waals surface area (Å²) in [6, 6.07) is 12.0. The van der Waals surface area contributed by atoms with E-state index in [0.717, 1.165) is 37.1 Å². The first-order chi connectivity index (χ1) is 16.0. The summed E-state index contributed by atoms with van der Waals surface area (Å²) < 4.78 is 77.6. The number of hydrogen-bond donors (Lipinski definition) is 2. The molecule has 1 atom stereocenters. The van der Waals surface area contributed by atoms with Crippen molar-refractivity contribution in [2.45, 2.75) is 38.2 Å². The van der Waals surface area contributed by atoms with Crippen LogP contribution in [-0.2, 0) is 12.4 Å². The van der Waals surface area contributed by atoms with Crippen LogP contribution in [0.1, 0.15) is 42.6 Å². The van der Waals surface area contributed by atoms with E-state index in [-0.39, 0.29) is 6.54 Å². The van der Waals surface area contributed by atoms with Crippen LogP contribution < -0.4 is 5.32 Å². The van der Waals surface area contributed by atoms with Crippen molar-refractivity contribution in [3.05, 3.63) is 77.4 Å². The maximum absolute atomic E-state index is 12.9. The zero-order chi connectivity index (χ0) is 24.9. The monoisotopic (exact) mass is 482 g/mol. The highest BCUT2D eigenvalue weighted by molar-refractivity contribution is 5.68. The minimum Gasteiger partial charge on any atom is -0.387 e. The molecule has 0 fully saturated rings. The summed E-state index contributed by atoms with van der Waals surface area (Å²) in [5.74, 6) is 0. The molecule has 0 aliphatic carbocycles. The third-order valence-electron chi connectivity index (χ3n) is 5.29. The summed E-state index contributed by atoms with van der Waals surface area (Å²) in [5, 5.41) is 13.8. The molecule has 0 aliphatic rings. The molecule has 0 bridgehead atoms. The maximum Gasteiger partial charge on any atom is 0.416 e. The summed E-state index contributed by atoms with van der Waals surface area (Å²) in [5.41, 5.74) is 0.195. The Balaban J connectivity index is 1.99. The molecule has 0 saturated carbocycles. The van der Waals surface area contributed by atoms with Crippen molar-refractivity contribution in [1.82, 2.24) is 10.3 Å². The molecule has 2 N–H and O–H groups in total. The number of nitrogens with zero attached hydrogens (tertiary/aromatic N) is 1. The van der Waals surface area contributed by atoms with Gasteiger partial charge in [0, 0.05) is 17.7 Å². The maximum atomic E-state index is 12.9. The fourth-order valence-corrected chi connectivity index (χ4v) is 3.36. The molecule has 0 aliphatic heterocycles. The van der Waals surface area contributed by atoms with Gasteiger partial charge >= 0.3 is 12.4 Å². The summed E-state index contributed by atoms with van der Waals surface area (Å²) in [6.07, 6.45) is -8.01. The van der Waals surface area contributed by atoms with Gasteiger partial charge in [-0.1, -0.05) is 37.6 Å². The van der Waals surface area contributed by atoms with Crippen molar-refractivity contribution in [3.63, 3.8) is 0 Å². The lowest BCUT2D eigenvalue weighted by molar-refractivity contribution is -0.138. The Morgan fingerprint density at radius 2 is 1.24 bits per heavy atom. The summed E-state index contributed by atoms with van der Waals surface area (Å²) in [6.45, 7) is 2.98.